The summed E-state index contributed by atoms with van der Waals surface area (Å²) in [4.78, 5) is 0. The fourth-order valence-electron chi connectivity index (χ4n) is 7.22. The summed E-state index contributed by atoms with van der Waals surface area (Å²) in [7, 11) is 3.59. The molecule has 1 unspecified atom stereocenters. The van der Waals surface area contributed by atoms with E-state index in [1.54, 1.807) is 12.7 Å². The molecule has 140 valence electrons. The van der Waals surface area contributed by atoms with E-state index in [0.29, 0.717) is 17.8 Å². The lowest BCUT2D eigenvalue weighted by Gasteiger charge is -2.55. The third-order valence-corrected chi connectivity index (χ3v) is 8.45. The molecule has 1 N–H and O–H groups in total. The summed E-state index contributed by atoms with van der Waals surface area (Å²) < 4.78 is 11.4. The van der Waals surface area contributed by atoms with Crippen LogP contribution in [0.2, 0.25) is 0 Å². The van der Waals surface area contributed by atoms with Gasteiger partial charge in [0.1, 0.15) is 5.76 Å². The molecule has 0 aromatic rings. The Morgan fingerprint density at radius 3 is 2.60 bits per heavy atom. The number of methoxy groups -OCH3 is 2. The largest absolute Gasteiger partial charge is 0.501 e. The lowest BCUT2D eigenvalue weighted by Crippen LogP contribution is -2.52. The predicted molar refractivity (Wildman–Crippen MR) is 98.8 cm³/mol. The molecule has 3 heteroatoms. The van der Waals surface area contributed by atoms with Gasteiger partial charge in [-0.15, -0.1) is 0 Å². The van der Waals surface area contributed by atoms with Crippen LogP contribution < -0.4 is 0 Å². The molecular weight excluding hydrogens is 312 g/mol. The van der Waals surface area contributed by atoms with Gasteiger partial charge in [0.15, 0.2) is 0 Å². The molecule has 4 aliphatic rings. The highest BCUT2D eigenvalue weighted by Gasteiger charge is 2.61. The number of rotatable bonds is 3. The summed E-state index contributed by atoms with van der Waals surface area (Å²) in [5.74, 6) is 4.75. The Kier molecular flexibility index (Phi) is 4.22. The van der Waals surface area contributed by atoms with Crippen LogP contribution in [0.25, 0.3) is 0 Å². The Balaban J connectivity index is 1.69. The van der Waals surface area contributed by atoms with Gasteiger partial charge in [0, 0.05) is 11.3 Å². The normalized spacial score (nSPS) is 46.0. The average Bonchev–Trinajstić information content (AvgIpc) is 2.91. The maximum Gasteiger partial charge on any atom is 0.103 e. The van der Waals surface area contributed by atoms with Crippen LogP contribution in [-0.2, 0) is 9.47 Å². The number of hydrogen-bond donors (Lipinski definition) is 1. The molecule has 4 rings (SSSR count). The molecule has 3 fully saturated rings. The van der Waals surface area contributed by atoms with Crippen molar-refractivity contribution in [2.24, 2.45) is 29.1 Å². The van der Waals surface area contributed by atoms with Gasteiger partial charge in [0.05, 0.1) is 32.0 Å². The molecule has 3 nitrogen and oxygen atoms in total. The first kappa shape index (κ1) is 17.5. The number of ether oxygens (including phenoxy) is 2. The van der Waals surface area contributed by atoms with Crippen LogP contribution in [0.4, 0.5) is 0 Å². The van der Waals surface area contributed by atoms with Gasteiger partial charge in [-0.05, 0) is 81.3 Å². The Morgan fingerprint density at radius 1 is 1.12 bits per heavy atom. The van der Waals surface area contributed by atoms with Crippen molar-refractivity contribution in [1.29, 1.82) is 0 Å². The van der Waals surface area contributed by atoms with Crippen molar-refractivity contribution in [3.63, 3.8) is 0 Å². The molecule has 25 heavy (non-hydrogen) atoms. The monoisotopic (exact) mass is 346 g/mol. The molecule has 0 aromatic heterocycles. The minimum Gasteiger partial charge on any atom is -0.501 e. The standard InChI is InChI=1S/C22H34O3/c1-5-22-11-8-17-16(18(22)9-10-21(22,2)23)7-6-14-12-15(24-3)13-19(25-4)20(14)17/h12,14,16-18,23H,5-11,13H2,1-4H3/t14?,16-,17+,18+,21+,22+/m1/s1. The van der Waals surface area contributed by atoms with E-state index in [0.717, 1.165) is 43.1 Å². The van der Waals surface area contributed by atoms with Crippen LogP contribution >= 0.6 is 0 Å². The summed E-state index contributed by atoms with van der Waals surface area (Å²) in [6.07, 6.45) is 11.3. The first-order valence-electron chi connectivity index (χ1n) is 10.2. The van der Waals surface area contributed by atoms with Crippen LogP contribution in [0, 0.1) is 29.1 Å². The summed E-state index contributed by atoms with van der Waals surface area (Å²) in [6.45, 7) is 4.41. The quantitative estimate of drug-likeness (QED) is 0.796. The van der Waals surface area contributed by atoms with Crippen molar-refractivity contribution in [2.75, 3.05) is 14.2 Å². The number of allylic oxidation sites excluding steroid dienone is 2. The molecule has 0 aliphatic heterocycles. The van der Waals surface area contributed by atoms with Crippen molar-refractivity contribution in [3.05, 3.63) is 23.2 Å². The van der Waals surface area contributed by atoms with E-state index in [4.69, 9.17) is 9.47 Å². The second kappa shape index (κ2) is 6.04. The Morgan fingerprint density at radius 2 is 1.92 bits per heavy atom. The molecule has 0 aromatic carbocycles. The van der Waals surface area contributed by atoms with E-state index in [9.17, 15) is 5.11 Å². The van der Waals surface area contributed by atoms with Gasteiger partial charge in [0.2, 0.25) is 0 Å². The van der Waals surface area contributed by atoms with Crippen LogP contribution in [0.1, 0.15) is 65.2 Å². The van der Waals surface area contributed by atoms with E-state index < -0.39 is 5.60 Å². The summed E-state index contributed by atoms with van der Waals surface area (Å²) >= 11 is 0. The molecule has 0 saturated heterocycles. The highest BCUT2D eigenvalue weighted by molar-refractivity contribution is 5.32. The SMILES string of the molecule is CC[C@]12CC[C@@H]3C4=C(OC)CC(OC)=CC4CC[C@H]3[C@@H]1CC[C@]2(C)O. The van der Waals surface area contributed by atoms with Gasteiger partial charge >= 0.3 is 0 Å². The van der Waals surface area contributed by atoms with Crippen LogP contribution in [0.15, 0.2) is 23.2 Å². The predicted octanol–water partition coefficient (Wildman–Crippen LogP) is 4.81. The van der Waals surface area contributed by atoms with E-state index in [-0.39, 0.29) is 5.41 Å². The van der Waals surface area contributed by atoms with Gasteiger partial charge in [0.25, 0.3) is 0 Å². The van der Waals surface area contributed by atoms with Crippen molar-refractivity contribution >= 4 is 0 Å². The fourth-order valence-corrected chi connectivity index (χ4v) is 7.22. The second-order valence-electron chi connectivity index (χ2n) is 9.02. The maximum atomic E-state index is 11.2. The third-order valence-electron chi connectivity index (χ3n) is 8.45. The first-order valence-corrected chi connectivity index (χ1v) is 10.2. The van der Waals surface area contributed by atoms with Crippen molar-refractivity contribution in [2.45, 2.75) is 70.8 Å². The number of fused-ring (bicyclic) bond motifs is 5. The zero-order chi connectivity index (χ0) is 17.8. The molecule has 3 saturated carbocycles. The highest BCUT2D eigenvalue weighted by Crippen LogP contribution is 2.66. The third kappa shape index (κ3) is 2.34. The highest BCUT2D eigenvalue weighted by atomic mass is 16.5. The van der Waals surface area contributed by atoms with Crippen molar-refractivity contribution < 1.29 is 14.6 Å². The van der Waals surface area contributed by atoms with E-state index in [2.05, 4.69) is 19.9 Å². The second-order valence-corrected chi connectivity index (χ2v) is 9.02. The summed E-state index contributed by atoms with van der Waals surface area (Å²) in [5.41, 5.74) is 1.22. The van der Waals surface area contributed by atoms with E-state index >= 15 is 0 Å². The Bertz CT molecular complexity index is 602. The molecule has 4 aliphatic carbocycles. The van der Waals surface area contributed by atoms with E-state index in [1.165, 1.54) is 25.7 Å². The van der Waals surface area contributed by atoms with Crippen LogP contribution in [-0.4, -0.2) is 24.9 Å². The van der Waals surface area contributed by atoms with Crippen molar-refractivity contribution in [3.8, 4) is 0 Å². The fraction of sp³-hybridized carbons (Fsp3) is 0.818. The molecule has 0 bridgehead atoms. The molecule has 0 radical (unpaired) electrons. The molecule has 0 heterocycles. The minimum atomic E-state index is -0.484. The Hall–Kier alpha value is -0.960. The number of aliphatic hydroxyl groups is 1. The van der Waals surface area contributed by atoms with Crippen LogP contribution in [0.5, 0.6) is 0 Å². The average molecular weight is 347 g/mol. The summed E-state index contributed by atoms with van der Waals surface area (Å²) in [5, 5.41) is 11.2. The molecule has 6 atom stereocenters. The molecule has 0 amide bonds. The topological polar surface area (TPSA) is 38.7 Å². The smallest absolute Gasteiger partial charge is 0.103 e. The zero-order valence-corrected chi connectivity index (χ0v) is 16.3. The van der Waals surface area contributed by atoms with Gasteiger partial charge < -0.3 is 14.6 Å². The number of hydrogen-bond acceptors (Lipinski definition) is 3. The van der Waals surface area contributed by atoms with Crippen LogP contribution in [0.3, 0.4) is 0 Å². The van der Waals surface area contributed by atoms with Gasteiger partial charge in [-0.1, -0.05) is 6.92 Å². The lowest BCUT2D eigenvalue weighted by molar-refractivity contribution is -0.112. The van der Waals surface area contributed by atoms with Gasteiger partial charge in [-0.25, -0.2) is 0 Å². The maximum absolute atomic E-state index is 11.2. The van der Waals surface area contributed by atoms with Gasteiger partial charge in [-0.2, -0.15) is 0 Å². The van der Waals surface area contributed by atoms with Gasteiger partial charge in [-0.3, -0.25) is 0 Å². The first-order chi connectivity index (χ1) is 12.0. The van der Waals surface area contributed by atoms with Crippen molar-refractivity contribution in [1.82, 2.24) is 0 Å². The molecular formula is C22H34O3. The Labute approximate surface area is 152 Å². The lowest BCUT2D eigenvalue weighted by atomic mass is 9.50. The van der Waals surface area contributed by atoms with E-state index in [1.807, 2.05) is 7.11 Å². The zero-order valence-electron chi connectivity index (χ0n) is 16.3. The molecule has 0 spiro atoms. The minimum absolute atomic E-state index is 0.136. The summed E-state index contributed by atoms with van der Waals surface area (Å²) in [6, 6.07) is 0.